The Kier molecular flexibility index (Phi) is 4.32. The third-order valence-corrected chi connectivity index (χ3v) is 5.77. The van der Waals surface area contributed by atoms with E-state index < -0.39 is 0 Å². The van der Waals surface area contributed by atoms with E-state index in [2.05, 4.69) is 37.9 Å². The van der Waals surface area contributed by atoms with Crippen molar-refractivity contribution in [3.63, 3.8) is 0 Å². The summed E-state index contributed by atoms with van der Waals surface area (Å²) in [6, 6.07) is 25.3. The summed E-state index contributed by atoms with van der Waals surface area (Å²) in [6.45, 7) is 1.95. The molecule has 4 aromatic rings. The molecule has 5 rings (SSSR count). The highest BCUT2D eigenvalue weighted by Gasteiger charge is 2.34. The Balaban J connectivity index is 1.78. The number of ketones is 1. The van der Waals surface area contributed by atoms with Crippen molar-refractivity contribution in [2.24, 2.45) is 0 Å². The van der Waals surface area contributed by atoms with Crippen LogP contribution in [0.3, 0.4) is 0 Å². The molecule has 4 nitrogen and oxygen atoms in total. The normalized spacial score (nSPS) is 15.9. The molecule has 1 atom stereocenters. The van der Waals surface area contributed by atoms with E-state index in [4.69, 9.17) is 4.98 Å². The molecule has 1 aromatic heterocycles. The van der Waals surface area contributed by atoms with E-state index in [1.54, 1.807) is 0 Å². The van der Waals surface area contributed by atoms with Crippen LogP contribution in [0.4, 0.5) is 5.95 Å². The molecule has 0 saturated heterocycles. The maximum absolute atomic E-state index is 13.6. The lowest BCUT2D eigenvalue weighted by molar-refractivity contribution is 0.102. The molecule has 29 heavy (non-hydrogen) atoms. The molecule has 0 aliphatic carbocycles. The van der Waals surface area contributed by atoms with Gasteiger partial charge in [0.25, 0.3) is 0 Å². The number of carbonyl (C=O) groups is 1. The van der Waals surface area contributed by atoms with Gasteiger partial charge in [0, 0.05) is 21.3 Å². The number of nitrogens with zero attached hydrogens (tertiary/aromatic N) is 2. The summed E-state index contributed by atoms with van der Waals surface area (Å²) in [4.78, 5) is 18.4. The predicted molar refractivity (Wildman–Crippen MR) is 119 cm³/mol. The van der Waals surface area contributed by atoms with E-state index in [1.807, 2.05) is 73.7 Å². The number of hydrogen-bond donors (Lipinski definition) is 1. The first-order valence-corrected chi connectivity index (χ1v) is 10.2. The minimum atomic E-state index is -0.274. The maximum atomic E-state index is 13.6. The summed E-state index contributed by atoms with van der Waals surface area (Å²) in [5.41, 5.74) is 5.15. The molecule has 0 amide bonds. The van der Waals surface area contributed by atoms with Gasteiger partial charge in [-0.15, -0.1) is 0 Å². The summed E-state index contributed by atoms with van der Waals surface area (Å²) in [7, 11) is 0. The predicted octanol–water partition coefficient (Wildman–Crippen LogP) is 5.97. The van der Waals surface area contributed by atoms with E-state index in [-0.39, 0.29) is 11.8 Å². The van der Waals surface area contributed by atoms with Crippen LogP contribution >= 0.6 is 15.9 Å². The Morgan fingerprint density at radius 3 is 2.55 bits per heavy atom. The molecule has 0 radical (unpaired) electrons. The number of halogens is 1. The number of nitrogens with one attached hydrogen (secondary N) is 1. The second-order valence-corrected chi connectivity index (χ2v) is 8.03. The number of Topliss-reactive ketones (excluding diaryl/α,β-unsaturated/α-hetero) is 1. The van der Waals surface area contributed by atoms with Crippen molar-refractivity contribution in [2.45, 2.75) is 13.0 Å². The standard InChI is InChI=1S/C24H18BrN3O/c1-15-21(23(29)16-8-3-2-4-9-16)22(17-10-7-11-18(25)14-17)28-20-13-6-5-12-19(20)27-24(28)26-15/h2-14,22H,1H3,(H,26,27)/t22-/m0/s1. The third-order valence-electron chi connectivity index (χ3n) is 5.28. The molecule has 1 aliphatic heterocycles. The van der Waals surface area contributed by atoms with Gasteiger partial charge in [0.2, 0.25) is 5.95 Å². The number of allylic oxidation sites excluding steroid dienone is 2. The molecular formula is C24H18BrN3O. The first-order valence-electron chi connectivity index (χ1n) is 9.43. The van der Waals surface area contributed by atoms with E-state index >= 15 is 0 Å². The Hall–Kier alpha value is -3.18. The Morgan fingerprint density at radius 2 is 1.76 bits per heavy atom. The lowest BCUT2D eigenvalue weighted by atomic mass is 9.89. The molecule has 3 aromatic carbocycles. The molecule has 0 unspecified atom stereocenters. The maximum Gasteiger partial charge on any atom is 0.209 e. The molecule has 1 aliphatic rings. The summed E-state index contributed by atoms with van der Waals surface area (Å²) in [5, 5.41) is 3.36. The van der Waals surface area contributed by atoms with Crippen LogP contribution in [-0.4, -0.2) is 15.3 Å². The topological polar surface area (TPSA) is 46.9 Å². The number of imidazole rings is 1. The highest BCUT2D eigenvalue weighted by molar-refractivity contribution is 9.10. The first-order chi connectivity index (χ1) is 14.1. The zero-order chi connectivity index (χ0) is 20.0. The van der Waals surface area contributed by atoms with E-state index in [0.29, 0.717) is 5.56 Å². The zero-order valence-electron chi connectivity index (χ0n) is 15.8. The van der Waals surface area contributed by atoms with E-state index in [0.717, 1.165) is 38.3 Å². The van der Waals surface area contributed by atoms with Crippen molar-refractivity contribution < 1.29 is 4.79 Å². The van der Waals surface area contributed by atoms with Gasteiger partial charge < -0.3 is 5.32 Å². The molecule has 0 spiro atoms. The van der Waals surface area contributed by atoms with Crippen molar-refractivity contribution in [2.75, 3.05) is 5.32 Å². The Bertz CT molecular complexity index is 1270. The van der Waals surface area contributed by atoms with Crippen molar-refractivity contribution in [1.29, 1.82) is 0 Å². The van der Waals surface area contributed by atoms with Crippen LogP contribution in [0.1, 0.15) is 28.9 Å². The van der Waals surface area contributed by atoms with Gasteiger partial charge in [-0.1, -0.05) is 70.5 Å². The molecule has 2 heterocycles. The molecule has 5 heteroatoms. The fraction of sp³-hybridized carbons (Fsp3) is 0.0833. The largest absolute Gasteiger partial charge is 0.329 e. The van der Waals surface area contributed by atoms with Crippen molar-refractivity contribution in [3.05, 3.63) is 106 Å². The van der Waals surface area contributed by atoms with Crippen LogP contribution in [0.2, 0.25) is 0 Å². The number of benzene rings is 3. The highest BCUT2D eigenvalue weighted by atomic mass is 79.9. The van der Waals surface area contributed by atoms with Crippen LogP contribution in [-0.2, 0) is 0 Å². The van der Waals surface area contributed by atoms with Gasteiger partial charge in [-0.05, 0) is 36.8 Å². The minimum absolute atomic E-state index is 0.0176. The average molecular weight is 444 g/mol. The van der Waals surface area contributed by atoms with Crippen LogP contribution in [0.5, 0.6) is 0 Å². The fourth-order valence-electron chi connectivity index (χ4n) is 4.00. The van der Waals surface area contributed by atoms with Crippen molar-refractivity contribution in [1.82, 2.24) is 9.55 Å². The van der Waals surface area contributed by atoms with Gasteiger partial charge in [0.05, 0.1) is 17.1 Å². The highest BCUT2D eigenvalue weighted by Crippen LogP contribution is 2.40. The summed E-state index contributed by atoms with van der Waals surface area (Å²) < 4.78 is 3.10. The van der Waals surface area contributed by atoms with E-state index in [1.165, 1.54) is 0 Å². The molecule has 0 bridgehead atoms. The first kappa shape index (κ1) is 17.9. The number of hydrogen-bond acceptors (Lipinski definition) is 3. The molecule has 0 saturated carbocycles. The number of rotatable bonds is 3. The lowest BCUT2D eigenvalue weighted by Gasteiger charge is -2.31. The minimum Gasteiger partial charge on any atom is -0.329 e. The van der Waals surface area contributed by atoms with Crippen molar-refractivity contribution >= 4 is 38.7 Å². The number of aromatic nitrogens is 2. The molecule has 142 valence electrons. The van der Waals surface area contributed by atoms with Gasteiger partial charge in [0.15, 0.2) is 5.78 Å². The van der Waals surface area contributed by atoms with Crippen LogP contribution in [0.25, 0.3) is 11.0 Å². The summed E-state index contributed by atoms with van der Waals surface area (Å²) in [6.07, 6.45) is 0. The average Bonchev–Trinajstić information content (AvgIpc) is 3.10. The molecular weight excluding hydrogens is 426 g/mol. The molecule has 0 fully saturated rings. The second-order valence-electron chi connectivity index (χ2n) is 7.11. The smallest absolute Gasteiger partial charge is 0.209 e. The SMILES string of the molecule is CC1=C(C(=O)c2ccccc2)[C@H](c2cccc(Br)c2)n2c(nc3ccccc32)N1. The van der Waals surface area contributed by atoms with Crippen molar-refractivity contribution in [3.8, 4) is 0 Å². The Morgan fingerprint density at radius 1 is 1.00 bits per heavy atom. The number of fused-ring (bicyclic) bond motifs is 3. The van der Waals surface area contributed by atoms with Gasteiger partial charge in [-0.2, -0.15) is 0 Å². The number of para-hydroxylation sites is 2. The van der Waals surface area contributed by atoms with Gasteiger partial charge in [-0.3, -0.25) is 9.36 Å². The second kappa shape index (κ2) is 7.01. The summed E-state index contributed by atoms with van der Waals surface area (Å²) >= 11 is 3.58. The summed E-state index contributed by atoms with van der Waals surface area (Å²) in [5.74, 6) is 0.766. The van der Waals surface area contributed by atoms with Crippen LogP contribution in [0.15, 0.2) is 94.6 Å². The Labute approximate surface area is 177 Å². The third kappa shape index (κ3) is 2.98. The van der Waals surface area contributed by atoms with E-state index in [9.17, 15) is 4.79 Å². The lowest BCUT2D eigenvalue weighted by Crippen LogP contribution is -2.28. The van der Waals surface area contributed by atoms with Crippen LogP contribution in [0, 0.1) is 0 Å². The van der Waals surface area contributed by atoms with Gasteiger partial charge in [0.1, 0.15) is 0 Å². The number of anilines is 1. The van der Waals surface area contributed by atoms with Crippen LogP contribution < -0.4 is 5.32 Å². The van der Waals surface area contributed by atoms with Gasteiger partial charge >= 0.3 is 0 Å². The monoisotopic (exact) mass is 443 g/mol. The molecule has 1 N–H and O–H groups in total. The van der Waals surface area contributed by atoms with Gasteiger partial charge in [-0.25, -0.2) is 4.98 Å². The number of carbonyl (C=O) groups excluding carboxylic acids is 1. The zero-order valence-corrected chi connectivity index (χ0v) is 17.3. The quantitative estimate of drug-likeness (QED) is 0.396. The fourth-order valence-corrected chi connectivity index (χ4v) is 4.41.